The summed E-state index contributed by atoms with van der Waals surface area (Å²) in [4.78, 5) is 32.1. The van der Waals surface area contributed by atoms with Gasteiger partial charge in [-0.3, -0.25) is 14.6 Å². The van der Waals surface area contributed by atoms with E-state index < -0.39 is 17.6 Å². The molecule has 0 spiro atoms. The van der Waals surface area contributed by atoms with Crippen LogP contribution in [0.25, 0.3) is 0 Å². The number of carbonyl (C=O) groups excluding carboxylic acids is 2. The molecule has 0 aliphatic carbocycles. The van der Waals surface area contributed by atoms with Crippen LogP contribution in [0.4, 0.5) is 18.9 Å². The molecule has 0 radical (unpaired) electrons. The zero-order valence-corrected chi connectivity index (χ0v) is 15.2. The molecule has 3 rings (SSSR count). The highest BCUT2D eigenvalue weighted by molar-refractivity contribution is 5.96. The number of alkyl halides is 3. The lowest BCUT2D eigenvalue weighted by molar-refractivity contribution is -0.137. The number of nitrogens with one attached hydrogen (secondary N) is 1. The molecular weight excluding hydrogens is 373 g/mol. The largest absolute Gasteiger partial charge is 0.418 e. The van der Waals surface area contributed by atoms with Gasteiger partial charge in [-0.05, 0) is 30.3 Å². The molecule has 1 aliphatic rings. The van der Waals surface area contributed by atoms with E-state index >= 15 is 0 Å². The minimum atomic E-state index is -4.57. The van der Waals surface area contributed by atoms with Crippen molar-refractivity contribution < 1.29 is 22.8 Å². The average Bonchev–Trinajstić information content (AvgIpc) is 2.72. The van der Waals surface area contributed by atoms with Gasteiger partial charge in [-0.15, -0.1) is 0 Å². The first-order valence-corrected chi connectivity index (χ1v) is 8.69. The van der Waals surface area contributed by atoms with Gasteiger partial charge >= 0.3 is 6.18 Å². The molecule has 1 aliphatic heterocycles. The van der Waals surface area contributed by atoms with Gasteiger partial charge < -0.3 is 15.1 Å². The third kappa shape index (κ3) is 4.08. The van der Waals surface area contributed by atoms with E-state index in [1.54, 1.807) is 23.2 Å². The standard InChI is InChI=1S/C19H19F3N4O2/c1-23-16-5-4-13(11-15(16)19(20,21)22)17(27)25-7-9-26(10-8-25)18(28)14-3-2-6-24-12-14/h2-6,11-12,23H,7-10H2,1H3. The maximum absolute atomic E-state index is 13.2. The predicted octanol–water partition coefficient (Wildman–Crippen LogP) is 2.74. The Morgan fingerprint density at radius 1 is 1.00 bits per heavy atom. The normalized spacial score (nSPS) is 14.7. The Bertz CT molecular complexity index is 863. The Kier molecular flexibility index (Phi) is 5.53. The second-order valence-corrected chi connectivity index (χ2v) is 6.33. The molecule has 2 aromatic rings. The number of aromatic nitrogens is 1. The van der Waals surface area contributed by atoms with Crippen molar-refractivity contribution >= 4 is 17.5 Å². The molecule has 1 aromatic heterocycles. The first-order valence-electron chi connectivity index (χ1n) is 8.69. The van der Waals surface area contributed by atoms with Gasteiger partial charge in [0.1, 0.15) is 0 Å². The Morgan fingerprint density at radius 2 is 1.61 bits per heavy atom. The van der Waals surface area contributed by atoms with Crippen molar-refractivity contribution in [3.05, 3.63) is 59.4 Å². The molecule has 148 valence electrons. The second kappa shape index (κ2) is 7.87. The Balaban J connectivity index is 1.69. The van der Waals surface area contributed by atoms with Crippen LogP contribution in [0.2, 0.25) is 0 Å². The van der Waals surface area contributed by atoms with E-state index in [1.807, 2.05) is 0 Å². The van der Waals surface area contributed by atoms with Crippen LogP contribution in [0.15, 0.2) is 42.7 Å². The summed E-state index contributed by atoms with van der Waals surface area (Å²) in [5, 5.41) is 2.49. The van der Waals surface area contributed by atoms with Crippen LogP contribution < -0.4 is 5.32 Å². The zero-order valence-electron chi connectivity index (χ0n) is 15.2. The van der Waals surface area contributed by atoms with Gasteiger partial charge in [-0.1, -0.05) is 0 Å². The number of benzene rings is 1. The van der Waals surface area contributed by atoms with E-state index in [2.05, 4.69) is 10.3 Å². The number of piperazine rings is 1. The van der Waals surface area contributed by atoms with Crippen molar-refractivity contribution in [1.29, 1.82) is 0 Å². The molecular formula is C19H19F3N4O2. The minimum Gasteiger partial charge on any atom is -0.388 e. The molecule has 1 saturated heterocycles. The van der Waals surface area contributed by atoms with Crippen molar-refractivity contribution in [3.63, 3.8) is 0 Å². The van der Waals surface area contributed by atoms with Crippen LogP contribution in [-0.4, -0.2) is 59.8 Å². The zero-order chi connectivity index (χ0) is 20.3. The molecule has 9 heteroatoms. The lowest BCUT2D eigenvalue weighted by Crippen LogP contribution is -2.50. The van der Waals surface area contributed by atoms with Crippen LogP contribution in [-0.2, 0) is 6.18 Å². The average molecular weight is 392 g/mol. The van der Waals surface area contributed by atoms with Gasteiger partial charge in [0.2, 0.25) is 0 Å². The molecule has 28 heavy (non-hydrogen) atoms. The number of hydrogen-bond acceptors (Lipinski definition) is 4. The smallest absolute Gasteiger partial charge is 0.388 e. The molecule has 2 heterocycles. The van der Waals surface area contributed by atoms with Crippen LogP contribution in [0.1, 0.15) is 26.3 Å². The number of hydrogen-bond donors (Lipinski definition) is 1. The summed E-state index contributed by atoms with van der Waals surface area (Å²) < 4.78 is 39.6. The van der Waals surface area contributed by atoms with Crippen molar-refractivity contribution in [3.8, 4) is 0 Å². The number of pyridine rings is 1. The van der Waals surface area contributed by atoms with Crippen LogP contribution in [0.3, 0.4) is 0 Å². The Labute approximate surface area is 160 Å². The molecule has 1 N–H and O–H groups in total. The number of anilines is 1. The first kappa shape index (κ1) is 19.7. The molecule has 0 unspecified atom stereocenters. The number of nitrogens with zero attached hydrogens (tertiary/aromatic N) is 3. The van der Waals surface area contributed by atoms with E-state index in [0.717, 1.165) is 6.07 Å². The fourth-order valence-corrected chi connectivity index (χ4v) is 3.10. The third-order valence-corrected chi connectivity index (χ3v) is 4.60. The fourth-order valence-electron chi connectivity index (χ4n) is 3.10. The van der Waals surface area contributed by atoms with Gasteiger partial charge in [0, 0.05) is 56.9 Å². The second-order valence-electron chi connectivity index (χ2n) is 6.33. The molecule has 2 amide bonds. The van der Waals surface area contributed by atoms with Crippen LogP contribution in [0, 0.1) is 0 Å². The molecule has 6 nitrogen and oxygen atoms in total. The summed E-state index contributed by atoms with van der Waals surface area (Å²) in [6.45, 7) is 1.11. The maximum atomic E-state index is 13.2. The van der Waals surface area contributed by atoms with E-state index in [4.69, 9.17) is 0 Å². The summed E-state index contributed by atoms with van der Waals surface area (Å²) in [5.74, 6) is -0.667. The van der Waals surface area contributed by atoms with Gasteiger partial charge in [0.15, 0.2) is 0 Å². The van der Waals surface area contributed by atoms with E-state index in [1.165, 1.54) is 30.3 Å². The SMILES string of the molecule is CNc1ccc(C(=O)N2CCN(C(=O)c3cccnc3)CC2)cc1C(F)(F)F. The summed E-state index contributed by atoms with van der Waals surface area (Å²) >= 11 is 0. The molecule has 0 saturated carbocycles. The molecule has 0 bridgehead atoms. The number of amides is 2. The number of halogens is 3. The van der Waals surface area contributed by atoms with Crippen molar-refractivity contribution in [2.45, 2.75) is 6.18 Å². The van der Waals surface area contributed by atoms with Gasteiger partial charge in [0.25, 0.3) is 11.8 Å². The van der Waals surface area contributed by atoms with Crippen molar-refractivity contribution in [1.82, 2.24) is 14.8 Å². The summed E-state index contributed by atoms with van der Waals surface area (Å²) in [6, 6.07) is 6.81. The molecule has 1 aromatic carbocycles. The van der Waals surface area contributed by atoms with Gasteiger partial charge in [-0.2, -0.15) is 13.2 Å². The van der Waals surface area contributed by atoms with Crippen LogP contribution in [0.5, 0.6) is 0 Å². The Hall–Kier alpha value is -3.10. The summed E-state index contributed by atoms with van der Waals surface area (Å²) in [7, 11) is 1.39. The Morgan fingerprint density at radius 3 is 2.11 bits per heavy atom. The first-order chi connectivity index (χ1) is 13.3. The van der Waals surface area contributed by atoms with E-state index in [-0.39, 0.29) is 30.2 Å². The predicted molar refractivity (Wildman–Crippen MR) is 97.0 cm³/mol. The van der Waals surface area contributed by atoms with Gasteiger partial charge in [-0.25, -0.2) is 0 Å². The highest BCUT2D eigenvalue weighted by Crippen LogP contribution is 2.35. The van der Waals surface area contributed by atoms with Gasteiger partial charge in [0.05, 0.1) is 11.1 Å². The summed E-state index contributed by atoms with van der Waals surface area (Å²) in [6.07, 6.45) is -1.52. The number of carbonyl (C=O) groups is 2. The molecule has 0 atom stereocenters. The van der Waals surface area contributed by atoms with Crippen LogP contribution >= 0.6 is 0 Å². The summed E-state index contributed by atoms with van der Waals surface area (Å²) in [5.41, 5.74) is -0.541. The topological polar surface area (TPSA) is 65.5 Å². The van der Waals surface area contributed by atoms with Crippen molar-refractivity contribution in [2.24, 2.45) is 0 Å². The molecule has 1 fully saturated rings. The lowest BCUT2D eigenvalue weighted by Gasteiger charge is -2.35. The van der Waals surface area contributed by atoms with Crippen molar-refractivity contribution in [2.75, 3.05) is 38.5 Å². The number of rotatable bonds is 3. The van der Waals surface area contributed by atoms with E-state index in [0.29, 0.717) is 18.7 Å². The third-order valence-electron chi connectivity index (χ3n) is 4.60. The quantitative estimate of drug-likeness (QED) is 0.873. The highest BCUT2D eigenvalue weighted by Gasteiger charge is 2.35. The highest BCUT2D eigenvalue weighted by atomic mass is 19.4. The minimum absolute atomic E-state index is 0.0293. The van der Waals surface area contributed by atoms with E-state index in [9.17, 15) is 22.8 Å². The monoisotopic (exact) mass is 392 g/mol. The lowest BCUT2D eigenvalue weighted by atomic mass is 10.1. The maximum Gasteiger partial charge on any atom is 0.418 e. The fraction of sp³-hybridized carbons (Fsp3) is 0.316.